The minimum atomic E-state index is -1.10. The van der Waals surface area contributed by atoms with E-state index in [4.69, 9.17) is 16.3 Å². The molecule has 25 heavy (non-hydrogen) atoms. The number of fused-ring (bicyclic) bond motifs is 1. The van der Waals surface area contributed by atoms with Gasteiger partial charge in [-0.25, -0.2) is 13.9 Å². The van der Waals surface area contributed by atoms with E-state index in [1.165, 1.54) is 6.20 Å². The Morgan fingerprint density at radius 3 is 3.00 bits per heavy atom. The van der Waals surface area contributed by atoms with Crippen LogP contribution in [0.5, 0.6) is 5.88 Å². The Kier molecular flexibility index (Phi) is 4.30. The average Bonchev–Trinajstić information content (AvgIpc) is 3.13. The fraction of sp³-hybridized carbons (Fsp3) is 0.438. The summed E-state index contributed by atoms with van der Waals surface area (Å²) in [5.74, 6) is 0.290. The van der Waals surface area contributed by atoms with Crippen LogP contribution in [0.3, 0.4) is 0 Å². The number of nitrogens with zero attached hydrogens (tertiary/aromatic N) is 5. The van der Waals surface area contributed by atoms with Gasteiger partial charge in [-0.2, -0.15) is 10.2 Å². The van der Waals surface area contributed by atoms with Crippen LogP contribution < -0.4 is 10.1 Å². The summed E-state index contributed by atoms with van der Waals surface area (Å²) in [6, 6.07) is 0. The zero-order valence-corrected chi connectivity index (χ0v) is 14.4. The highest BCUT2D eigenvalue weighted by molar-refractivity contribution is 6.34. The van der Waals surface area contributed by atoms with Gasteiger partial charge in [-0.15, -0.1) is 0 Å². The molecule has 3 aromatic rings. The molecule has 0 saturated carbocycles. The highest BCUT2D eigenvalue weighted by Crippen LogP contribution is 2.30. The largest absolute Gasteiger partial charge is 0.470 e. The molecule has 4 heterocycles. The van der Waals surface area contributed by atoms with Crippen molar-refractivity contribution in [1.82, 2.24) is 29.7 Å². The smallest absolute Gasteiger partial charge is 0.242 e. The summed E-state index contributed by atoms with van der Waals surface area (Å²) in [6.45, 7) is 1.06. The topological polar surface area (TPSA) is 69.3 Å². The van der Waals surface area contributed by atoms with Crippen molar-refractivity contribution in [3.63, 3.8) is 0 Å². The first-order chi connectivity index (χ1) is 12.1. The number of hydrogen-bond acceptors (Lipinski definition) is 5. The SMILES string of the molecule is Cn1cc(-c2cn3ncc(Cl)c3c(O[C@H]3CCCNC[C@H]3F)n2)cn1. The molecule has 132 valence electrons. The van der Waals surface area contributed by atoms with Crippen LogP contribution in [-0.2, 0) is 7.05 Å². The number of nitrogens with one attached hydrogen (secondary N) is 1. The van der Waals surface area contributed by atoms with Crippen molar-refractivity contribution in [2.24, 2.45) is 7.05 Å². The van der Waals surface area contributed by atoms with Crippen molar-refractivity contribution in [1.29, 1.82) is 0 Å². The average molecular weight is 365 g/mol. The molecule has 3 aromatic heterocycles. The highest BCUT2D eigenvalue weighted by Gasteiger charge is 2.27. The predicted molar refractivity (Wildman–Crippen MR) is 91.6 cm³/mol. The van der Waals surface area contributed by atoms with Crippen LogP contribution in [0.15, 0.2) is 24.8 Å². The molecule has 7 nitrogen and oxygen atoms in total. The van der Waals surface area contributed by atoms with E-state index in [0.29, 0.717) is 28.5 Å². The molecule has 4 rings (SSSR count). The first-order valence-corrected chi connectivity index (χ1v) is 8.54. The van der Waals surface area contributed by atoms with Gasteiger partial charge in [-0.3, -0.25) is 4.68 Å². The molecule has 0 spiro atoms. The maximum Gasteiger partial charge on any atom is 0.242 e. The monoisotopic (exact) mass is 364 g/mol. The van der Waals surface area contributed by atoms with Crippen molar-refractivity contribution < 1.29 is 9.13 Å². The van der Waals surface area contributed by atoms with E-state index in [-0.39, 0.29) is 6.54 Å². The lowest BCUT2D eigenvalue weighted by atomic mass is 10.1. The molecule has 9 heteroatoms. The summed E-state index contributed by atoms with van der Waals surface area (Å²) in [5.41, 5.74) is 2.00. The molecule has 2 atom stereocenters. The number of alkyl halides is 1. The van der Waals surface area contributed by atoms with E-state index in [1.54, 1.807) is 21.6 Å². The lowest BCUT2D eigenvalue weighted by molar-refractivity contribution is 0.0969. The Bertz CT molecular complexity index is 894. The predicted octanol–water partition coefficient (Wildman–Crippen LogP) is 2.25. The number of aryl methyl sites for hydroxylation is 1. The molecule has 0 aromatic carbocycles. The Labute approximate surface area is 148 Å². The third kappa shape index (κ3) is 3.19. The maximum atomic E-state index is 14.4. The number of hydrogen-bond donors (Lipinski definition) is 1. The standard InChI is InChI=1S/C16H18ClFN6O/c1-23-8-10(5-20-23)13-9-24-15(11(17)6-21-24)16(22-13)25-14-3-2-4-19-7-12(14)18/h5-6,8-9,12,14,19H,2-4,7H2,1H3/t12-,14+/m1/s1. The number of aromatic nitrogens is 5. The van der Waals surface area contributed by atoms with Gasteiger partial charge in [0, 0.05) is 25.4 Å². The molecule has 0 aliphatic carbocycles. The van der Waals surface area contributed by atoms with Crippen molar-refractivity contribution >= 4 is 17.1 Å². The Balaban J connectivity index is 1.76. The van der Waals surface area contributed by atoms with Crippen LogP contribution >= 0.6 is 11.6 Å². The van der Waals surface area contributed by atoms with Crippen LogP contribution in [0.2, 0.25) is 5.02 Å². The quantitative estimate of drug-likeness (QED) is 0.772. The van der Waals surface area contributed by atoms with Crippen molar-refractivity contribution in [2.45, 2.75) is 25.1 Å². The van der Waals surface area contributed by atoms with Crippen LogP contribution in [0.25, 0.3) is 16.8 Å². The van der Waals surface area contributed by atoms with Crippen LogP contribution in [-0.4, -0.2) is 49.7 Å². The molecule has 1 fully saturated rings. The maximum absolute atomic E-state index is 14.4. The zero-order valence-electron chi connectivity index (χ0n) is 13.7. The molecule has 0 amide bonds. The number of halogens is 2. The minimum Gasteiger partial charge on any atom is -0.470 e. The van der Waals surface area contributed by atoms with Gasteiger partial charge in [0.2, 0.25) is 5.88 Å². The molecule has 0 radical (unpaired) electrons. The van der Waals surface area contributed by atoms with E-state index >= 15 is 0 Å². The summed E-state index contributed by atoms with van der Waals surface area (Å²) in [6.07, 6.45) is 6.62. The summed E-state index contributed by atoms with van der Waals surface area (Å²) in [4.78, 5) is 4.57. The molecule has 1 aliphatic heterocycles. The minimum absolute atomic E-state index is 0.274. The van der Waals surface area contributed by atoms with Gasteiger partial charge in [-0.05, 0) is 19.4 Å². The van der Waals surface area contributed by atoms with E-state index in [9.17, 15) is 4.39 Å². The van der Waals surface area contributed by atoms with Gasteiger partial charge in [0.25, 0.3) is 0 Å². The number of rotatable bonds is 3. The summed E-state index contributed by atoms with van der Waals surface area (Å²) in [7, 11) is 1.83. The van der Waals surface area contributed by atoms with Gasteiger partial charge in [0.05, 0.1) is 29.3 Å². The van der Waals surface area contributed by atoms with E-state index in [0.717, 1.165) is 18.5 Å². The van der Waals surface area contributed by atoms with Crippen molar-refractivity contribution in [3.8, 4) is 17.1 Å². The fourth-order valence-electron chi connectivity index (χ4n) is 2.98. The van der Waals surface area contributed by atoms with Gasteiger partial charge in [0.1, 0.15) is 17.8 Å². The third-order valence-corrected chi connectivity index (χ3v) is 4.55. The highest BCUT2D eigenvalue weighted by atomic mass is 35.5. The lowest BCUT2D eigenvalue weighted by Crippen LogP contribution is -2.33. The second kappa shape index (κ2) is 6.61. The summed E-state index contributed by atoms with van der Waals surface area (Å²) in [5, 5.41) is 11.9. The third-order valence-electron chi connectivity index (χ3n) is 4.27. The first kappa shape index (κ1) is 16.3. The zero-order chi connectivity index (χ0) is 17.4. The van der Waals surface area contributed by atoms with Gasteiger partial charge in [0.15, 0.2) is 0 Å². The second-order valence-corrected chi connectivity index (χ2v) is 6.55. The Morgan fingerprint density at radius 1 is 1.32 bits per heavy atom. The van der Waals surface area contributed by atoms with E-state index < -0.39 is 12.3 Å². The van der Waals surface area contributed by atoms with Gasteiger partial charge in [-0.1, -0.05) is 11.6 Å². The van der Waals surface area contributed by atoms with Crippen molar-refractivity contribution in [3.05, 3.63) is 29.8 Å². The Hall–Kier alpha value is -2.19. The lowest BCUT2D eigenvalue weighted by Gasteiger charge is -2.20. The van der Waals surface area contributed by atoms with E-state index in [1.807, 2.05) is 13.2 Å². The molecular formula is C16H18ClFN6O. The van der Waals surface area contributed by atoms with Crippen molar-refractivity contribution in [2.75, 3.05) is 13.1 Å². The second-order valence-electron chi connectivity index (χ2n) is 6.14. The molecule has 0 bridgehead atoms. The van der Waals surface area contributed by atoms with Crippen LogP contribution in [0, 0.1) is 0 Å². The molecule has 0 unspecified atom stereocenters. The normalized spacial score (nSPS) is 21.4. The van der Waals surface area contributed by atoms with Gasteiger partial charge >= 0.3 is 0 Å². The molecule has 1 N–H and O–H groups in total. The van der Waals surface area contributed by atoms with Crippen LogP contribution in [0.4, 0.5) is 4.39 Å². The number of ether oxygens (including phenoxy) is 1. The summed E-state index contributed by atoms with van der Waals surface area (Å²) >= 11 is 6.24. The fourth-order valence-corrected chi connectivity index (χ4v) is 3.19. The van der Waals surface area contributed by atoms with Gasteiger partial charge < -0.3 is 10.1 Å². The first-order valence-electron chi connectivity index (χ1n) is 8.16. The molecule has 1 saturated heterocycles. The van der Waals surface area contributed by atoms with Crippen LogP contribution in [0.1, 0.15) is 12.8 Å². The molecule has 1 aliphatic rings. The summed E-state index contributed by atoms with van der Waals surface area (Å²) < 4.78 is 23.6. The van der Waals surface area contributed by atoms with E-state index in [2.05, 4.69) is 20.5 Å². The molecular weight excluding hydrogens is 347 g/mol. The Morgan fingerprint density at radius 2 is 2.20 bits per heavy atom.